The zero-order valence-corrected chi connectivity index (χ0v) is 14.3. The van der Waals surface area contributed by atoms with E-state index in [1.54, 1.807) is 0 Å². The van der Waals surface area contributed by atoms with Crippen LogP contribution in [0.1, 0.15) is 31.0 Å². The van der Waals surface area contributed by atoms with Gasteiger partial charge in [-0.3, -0.25) is 9.88 Å². The second-order valence-electron chi connectivity index (χ2n) is 6.38. The quantitative estimate of drug-likeness (QED) is 0.857. The van der Waals surface area contributed by atoms with Crippen LogP contribution in [0.5, 0.6) is 0 Å². The molecule has 26 heavy (non-hydrogen) atoms. The van der Waals surface area contributed by atoms with Crippen LogP contribution in [0, 0.1) is 5.82 Å². The van der Waals surface area contributed by atoms with Crippen molar-refractivity contribution in [3.8, 4) is 0 Å². The Bertz CT molecular complexity index is 793. The molecule has 1 aliphatic rings. The molecule has 1 aromatic heterocycles. The second-order valence-corrected chi connectivity index (χ2v) is 6.38. The molecule has 1 N–H and O–H groups in total. The van der Waals surface area contributed by atoms with Gasteiger partial charge < -0.3 is 9.84 Å². The predicted octanol–water partition coefficient (Wildman–Crippen LogP) is 3.32. The number of aromatic nitrogens is 1. The summed E-state index contributed by atoms with van der Waals surface area (Å²) in [7, 11) is 0. The molecule has 1 saturated carbocycles. The zero-order chi connectivity index (χ0) is 18.7. The number of halogens is 1. The molecule has 1 aromatic carbocycles. The fourth-order valence-electron chi connectivity index (χ4n) is 2.82. The molecule has 1 fully saturated rings. The number of amides is 1. The fraction of sp³-hybridized carbons (Fsp3) is 0.316. The molecule has 3 rings (SSSR count). The summed E-state index contributed by atoms with van der Waals surface area (Å²) in [5.41, 5.74) is -0.869. The van der Waals surface area contributed by atoms with Crippen LogP contribution in [0.2, 0.25) is 0 Å². The minimum Gasteiger partial charge on any atom is -0.479 e. The van der Waals surface area contributed by atoms with Crippen molar-refractivity contribution in [2.45, 2.75) is 38.0 Å². The summed E-state index contributed by atoms with van der Waals surface area (Å²) < 4.78 is 18.6. The van der Waals surface area contributed by atoms with Crippen LogP contribution in [0.3, 0.4) is 0 Å². The van der Waals surface area contributed by atoms with Gasteiger partial charge in [0.1, 0.15) is 12.4 Å². The minimum atomic E-state index is -1.75. The Morgan fingerprint density at radius 1 is 1.27 bits per heavy atom. The van der Waals surface area contributed by atoms with Crippen molar-refractivity contribution in [1.29, 1.82) is 0 Å². The standard InChI is InChI=1S/C19H19FN2O4/c1-19(17(23)24,16-10-7-14(20)11-21-16)22(15-8-9-15)18(25)26-12-13-5-3-2-4-6-13/h2-7,10-11,15H,8-9,12H2,1H3,(H,23,24). The van der Waals surface area contributed by atoms with Gasteiger partial charge in [0.15, 0.2) is 5.54 Å². The van der Waals surface area contributed by atoms with Gasteiger partial charge >= 0.3 is 12.1 Å². The summed E-state index contributed by atoms with van der Waals surface area (Å²) in [5.74, 6) is -1.83. The number of hydrogen-bond donors (Lipinski definition) is 1. The van der Waals surface area contributed by atoms with E-state index in [1.165, 1.54) is 17.9 Å². The van der Waals surface area contributed by atoms with E-state index in [9.17, 15) is 19.1 Å². The van der Waals surface area contributed by atoms with E-state index in [0.717, 1.165) is 17.8 Å². The number of nitrogens with zero attached hydrogens (tertiary/aromatic N) is 2. The largest absolute Gasteiger partial charge is 0.479 e. The number of pyridine rings is 1. The molecule has 0 radical (unpaired) electrons. The van der Waals surface area contributed by atoms with Crippen molar-refractivity contribution in [3.63, 3.8) is 0 Å². The Balaban J connectivity index is 1.87. The van der Waals surface area contributed by atoms with Gasteiger partial charge in [0.25, 0.3) is 0 Å². The number of aliphatic carboxylic acids is 1. The van der Waals surface area contributed by atoms with Gasteiger partial charge in [-0.15, -0.1) is 0 Å². The van der Waals surface area contributed by atoms with Gasteiger partial charge in [-0.05, 0) is 37.5 Å². The van der Waals surface area contributed by atoms with E-state index in [-0.39, 0.29) is 18.3 Å². The Hall–Kier alpha value is -2.96. The smallest absolute Gasteiger partial charge is 0.411 e. The van der Waals surface area contributed by atoms with Crippen LogP contribution < -0.4 is 0 Å². The first-order valence-corrected chi connectivity index (χ1v) is 8.28. The number of carbonyl (C=O) groups excluding carboxylic acids is 1. The Morgan fingerprint density at radius 2 is 1.96 bits per heavy atom. The maximum atomic E-state index is 13.2. The van der Waals surface area contributed by atoms with Crippen molar-refractivity contribution in [1.82, 2.24) is 9.88 Å². The normalized spacial score (nSPS) is 15.8. The molecule has 1 aliphatic carbocycles. The first-order chi connectivity index (χ1) is 12.4. The molecule has 1 heterocycles. The van der Waals surface area contributed by atoms with E-state index in [1.807, 2.05) is 30.3 Å². The number of benzene rings is 1. The Labute approximate surface area is 150 Å². The lowest BCUT2D eigenvalue weighted by Gasteiger charge is -2.36. The van der Waals surface area contributed by atoms with Crippen LogP contribution in [0.15, 0.2) is 48.7 Å². The van der Waals surface area contributed by atoms with Crippen molar-refractivity contribution in [2.75, 3.05) is 0 Å². The third kappa shape index (κ3) is 3.51. The molecule has 1 atom stereocenters. The summed E-state index contributed by atoms with van der Waals surface area (Å²) in [6.07, 6.45) is 1.58. The topological polar surface area (TPSA) is 79.7 Å². The van der Waals surface area contributed by atoms with Crippen LogP contribution in [0.4, 0.5) is 9.18 Å². The second kappa shape index (κ2) is 7.11. The van der Waals surface area contributed by atoms with E-state index in [2.05, 4.69) is 4.98 Å². The van der Waals surface area contributed by atoms with Gasteiger partial charge in [-0.1, -0.05) is 30.3 Å². The average molecular weight is 358 g/mol. The molecule has 136 valence electrons. The first kappa shape index (κ1) is 17.8. The first-order valence-electron chi connectivity index (χ1n) is 8.28. The summed E-state index contributed by atoms with van der Waals surface area (Å²) in [6.45, 7) is 1.42. The van der Waals surface area contributed by atoms with Gasteiger partial charge in [0.2, 0.25) is 0 Å². The maximum Gasteiger partial charge on any atom is 0.411 e. The van der Waals surface area contributed by atoms with E-state index >= 15 is 0 Å². The van der Waals surface area contributed by atoms with Crippen molar-refractivity contribution >= 4 is 12.1 Å². The molecule has 0 bridgehead atoms. The molecule has 0 spiro atoms. The monoisotopic (exact) mass is 358 g/mol. The Morgan fingerprint density at radius 3 is 2.50 bits per heavy atom. The van der Waals surface area contributed by atoms with Crippen molar-refractivity contribution in [3.05, 3.63) is 65.7 Å². The highest BCUT2D eigenvalue weighted by Gasteiger charge is 2.52. The maximum absolute atomic E-state index is 13.2. The summed E-state index contributed by atoms with van der Waals surface area (Å²) in [5, 5.41) is 9.85. The van der Waals surface area contributed by atoms with Crippen molar-refractivity contribution in [2.24, 2.45) is 0 Å². The molecule has 1 unspecified atom stereocenters. The molecule has 0 aliphatic heterocycles. The van der Waals surface area contributed by atoms with E-state index < -0.39 is 23.4 Å². The van der Waals surface area contributed by atoms with Crippen LogP contribution in [0.25, 0.3) is 0 Å². The molecular formula is C19H19FN2O4. The molecule has 1 amide bonds. The highest BCUT2D eigenvalue weighted by molar-refractivity contribution is 5.85. The van der Waals surface area contributed by atoms with Crippen molar-refractivity contribution < 1.29 is 23.8 Å². The van der Waals surface area contributed by atoms with Crippen LogP contribution in [-0.4, -0.2) is 33.1 Å². The van der Waals surface area contributed by atoms with Crippen LogP contribution in [-0.2, 0) is 21.7 Å². The molecule has 2 aromatic rings. The van der Waals surface area contributed by atoms with Gasteiger partial charge in [-0.25, -0.2) is 14.0 Å². The average Bonchev–Trinajstić information content (AvgIpc) is 3.46. The van der Waals surface area contributed by atoms with Gasteiger partial charge in [0, 0.05) is 6.04 Å². The number of hydrogen-bond acceptors (Lipinski definition) is 4. The number of carboxylic acid groups (broad SMARTS) is 1. The number of ether oxygens (including phenoxy) is 1. The molecule has 7 heteroatoms. The summed E-state index contributed by atoms with van der Waals surface area (Å²) in [4.78, 5) is 29.9. The lowest BCUT2D eigenvalue weighted by molar-refractivity contribution is -0.151. The zero-order valence-electron chi connectivity index (χ0n) is 14.3. The van der Waals surface area contributed by atoms with Gasteiger partial charge in [-0.2, -0.15) is 0 Å². The highest BCUT2D eigenvalue weighted by atomic mass is 19.1. The SMILES string of the molecule is CC(C(=O)O)(c1ccc(F)cn1)N(C(=O)OCc1ccccc1)C1CC1. The van der Waals surface area contributed by atoms with Gasteiger partial charge in [0.05, 0.1) is 11.9 Å². The number of carbonyl (C=O) groups is 2. The van der Waals surface area contributed by atoms with Crippen LogP contribution >= 0.6 is 0 Å². The minimum absolute atomic E-state index is 0.0371. The highest BCUT2D eigenvalue weighted by Crippen LogP contribution is 2.39. The summed E-state index contributed by atoms with van der Waals surface area (Å²) in [6, 6.07) is 11.3. The lowest BCUT2D eigenvalue weighted by Crippen LogP contribution is -2.54. The molecule has 0 saturated heterocycles. The lowest BCUT2D eigenvalue weighted by atomic mass is 9.94. The molecular weight excluding hydrogens is 339 g/mol. The molecule has 6 nitrogen and oxygen atoms in total. The number of rotatable bonds is 6. The third-order valence-electron chi connectivity index (χ3n) is 4.44. The predicted molar refractivity (Wildman–Crippen MR) is 90.7 cm³/mol. The fourth-order valence-corrected chi connectivity index (χ4v) is 2.82. The summed E-state index contributed by atoms with van der Waals surface area (Å²) >= 11 is 0. The van der Waals surface area contributed by atoms with E-state index in [4.69, 9.17) is 4.74 Å². The third-order valence-corrected chi connectivity index (χ3v) is 4.44. The Kier molecular flexibility index (Phi) is 4.88. The van der Waals surface area contributed by atoms with E-state index in [0.29, 0.717) is 12.8 Å². The number of carboxylic acids is 1.